The topological polar surface area (TPSA) is 137 Å². The number of hydrogen-bond acceptors (Lipinski definition) is 10. The molecule has 12 nitrogen and oxygen atoms in total. The van der Waals surface area contributed by atoms with Crippen molar-refractivity contribution in [1.82, 2.24) is 30.3 Å². The Labute approximate surface area is 389 Å². The summed E-state index contributed by atoms with van der Waals surface area (Å²) in [5.41, 5.74) is 10.5. The Morgan fingerprint density at radius 3 is 2.62 bits per heavy atom. The van der Waals surface area contributed by atoms with E-state index >= 15 is 0 Å². The van der Waals surface area contributed by atoms with Gasteiger partial charge in [-0.15, -0.1) is 11.3 Å². The van der Waals surface area contributed by atoms with Crippen LogP contribution in [0.4, 0.5) is 0 Å². The lowest BCUT2D eigenvalue weighted by Gasteiger charge is -2.36. The molecule has 3 aliphatic rings. The minimum atomic E-state index is -0.924. The second-order valence-corrected chi connectivity index (χ2v) is 17.0. The van der Waals surface area contributed by atoms with Crippen molar-refractivity contribution < 1.29 is 28.6 Å². The van der Waals surface area contributed by atoms with Gasteiger partial charge in [-0.25, -0.2) is 10.4 Å². The van der Waals surface area contributed by atoms with Gasteiger partial charge in [-0.05, 0) is 81.0 Å². The summed E-state index contributed by atoms with van der Waals surface area (Å²) in [4.78, 5) is 51.8. The maximum atomic E-state index is 14.3. The minimum absolute atomic E-state index is 0. The van der Waals surface area contributed by atoms with Crippen molar-refractivity contribution in [3.05, 3.63) is 88.0 Å². The first kappa shape index (κ1) is 49.9. The molecule has 0 aliphatic carbocycles. The van der Waals surface area contributed by atoms with Gasteiger partial charge in [-0.3, -0.25) is 24.4 Å². The van der Waals surface area contributed by atoms with Crippen molar-refractivity contribution in [2.75, 3.05) is 26.9 Å². The van der Waals surface area contributed by atoms with E-state index < -0.39 is 29.4 Å². The number of thiazole rings is 1. The van der Waals surface area contributed by atoms with Crippen LogP contribution < -0.4 is 15.5 Å². The van der Waals surface area contributed by atoms with Gasteiger partial charge < -0.3 is 24.1 Å². The first-order valence-corrected chi connectivity index (χ1v) is 20.7. The third kappa shape index (κ3) is 10.4. The molecular formula is C44H58N6O6S5. The Hall–Kier alpha value is -3.71. The lowest BCUT2D eigenvalue weighted by Crippen LogP contribution is -2.61. The fourth-order valence-corrected chi connectivity index (χ4v) is 9.20. The van der Waals surface area contributed by atoms with Gasteiger partial charge in [0.1, 0.15) is 24.4 Å². The monoisotopic (exact) mass is 926 g/mol. The van der Waals surface area contributed by atoms with E-state index in [4.69, 9.17) is 24.2 Å². The van der Waals surface area contributed by atoms with Crippen LogP contribution in [0.5, 0.6) is 5.75 Å². The Balaban J connectivity index is 0.00000205. The molecule has 0 unspecified atom stereocenters. The maximum Gasteiger partial charge on any atom is 0.324 e. The lowest BCUT2D eigenvalue weighted by atomic mass is 9.84. The number of rotatable bonds is 6. The van der Waals surface area contributed by atoms with Crippen molar-refractivity contribution in [3.63, 3.8) is 0 Å². The molecule has 6 bridgehead atoms. The predicted octanol–water partition coefficient (Wildman–Crippen LogP) is 6.91. The Morgan fingerprint density at radius 1 is 1.07 bits per heavy atom. The van der Waals surface area contributed by atoms with Gasteiger partial charge in [0.25, 0.3) is 5.91 Å². The highest BCUT2D eigenvalue weighted by Gasteiger charge is 2.37. The normalized spacial score (nSPS) is 20.1. The molecule has 330 valence electrons. The summed E-state index contributed by atoms with van der Waals surface area (Å²) >= 11 is 1.46. The highest BCUT2D eigenvalue weighted by Crippen LogP contribution is 2.42. The van der Waals surface area contributed by atoms with Crippen LogP contribution in [0.25, 0.3) is 33.4 Å². The molecule has 61 heavy (non-hydrogen) atoms. The largest absolute Gasteiger partial charge is 0.492 e. The average Bonchev–Trinajstić information content (AvgIpc) is 3.83. The summed E-state index contributed by atoms with van der Waals surface area (Å²) < 4.78 is 20.1. The molecule has 2 amide bonds. The molecule has 0 radical (unpaired) electrons. The zero-order valence-corrected chi connectivity index (χ0v) is 40.0. The molecule has 1 saturated heterocycles. The van der Waals surface area contributed by atoms with Crippen molar-refractivity contribution in [1.29, 1.82) is 0 Å². The fourth-order valence-electron chi connectivity index (χ4n) is 8.35. The van der Waals surface area contributed by atoms with Crippen LogP contribution >= 0.6 is 65.3 Å². The molecule has 4 atom stereocenters. The van der Waals surface area contributed by atoms with E-state index in [0.29, 0.717) is 37.2 Å². The van der Waals surface area contributed by atoms with E-state index in [1.807, 2.05) is 42.6 Å². The highest BCUT2D eigenvalue weighted by molar-refractivity contribution is 7.59. The van der Waals surface area contributed by atoms with E-state index in [1.165, 1.54) is 16.3 Å². The number of hydrogen-bond donors (Lipinski definition) is 2. The van der Waals surface area contributed by atoms with Crippen molar-refractivity contribution in [2.24, 2.45) is 11.3 Å². The van der Waals surface area contributed by atoms with E-state index in [-0.39, 0.29) is 91.5 Å². The number of ether oxygens (including phenoxy) is 3. The summed E-state index contributed by atoms with van der Waals surface area (Å²) in [6.07, 6.45) is 4.00. The van der Waals surface area contributed by atoms with Crippen LogP contribution in [-0.2, 0) is 49.7 Å². The molecule has 8 rings (SSSR count). The van der Waals surface area contributed by atoms with Gasteiger partial charge in [0, 0.05) is 65.6 Å². The standard InChI is InChI=1S/C44H50N6O6S.4H2S/c1-6-49-36-16-15-27-20-31(36)32(40(49)30-12-9-17-45-39(30)26(2)54-5)22-44(3,4)25-56-43(53)33-13-10-18-50(48-33)42(52)34(21-38-46-35(27)24-57-38)47-41(51)29-19-28-11-7-8-14-37(28)55-23-29;;;;/h7-9,11-12,14-17,20,24,26,29,33-34,48H,6,10,13,18-19,21-23,25H2,1-5H3,(H,47,51);4*1H2/t26-,29-,33-,34-;;;;/m0..../s1. The van der Waals surface area contributed by atoms with Crippen LogP contribution in [0.3, 0.4) is 0 Å². The Morgan fingerprint density at radius 2 is 1.85 bits per heavy atom. The van der Waals surface area contributed by atoms with E-state index in [1.54, 1.807) is 13.3 Å². The third-order valence-corrected chi connectivity index (χ3v) is 12.3. The molecule has 1 fully saturated rings. The summed E-state index contributed by atoms with van der Waals surface area (Å²) in [5.74, 6) is -0.684. The Kier molecular flexibility index (Phi) is 17.3. The van der Waals surface area contributed by atoms with Gasteiger partial charge in [-0.2, -0.15) is 54.0 Å². The molecule has 2 N–H and O–H groups in total. The maximum absolute atomic E-state index is 14.3. The van der Waals surface area contributed by atoms with Crippen molar-refractivity contribution in [2.45, 2.75) is 84.5 Å². The third-order valence-electron chi connectivity index (χ3n) is 11.4. The number of carbonyl (C=O) groups excluding carboxylic acids is 3. The summed E-state index contributed by atoms with van der Waals surface area (Å²) in [6.45, 7) is 9.89. The number of nitrogens with one attached hydrogen (secondary N) is 2. The number of esters is 1. The van der Waals surface area contributed by atoms with Gasteiger partial charge >= 0.3 is 5.97 Å². The van der Waals surface area contributed by atoms with E-state index in [2.05, 4.69) is 60.3 Å². The first-order chi connectivity index (χ1) is 27.5. The number of benzene rings is 2. The lowest BCUT2D eigenvalue weighted by molar-refractivity contribution is -0.155. The van der Waals surface area contributed by atoms with Gasteiger partial charge in [0.2, 0.25) is 5.91 Å². The minimum Gasteiger partial charge on any atom is -0.492 e. The molecular weight excluding hydrogens is 869 g/mol. The summed E-state index contributed by atoms with van der Waals surface area (Å²) in [7, 11) is 1.70. The van der Waals surface area contributed by atoms with Crippen LogP contribution in [0.1, 0.15) is 68.5 Å². The molecule has 3 aliphatic heterocycles. The zero-order chi connectivity index (χ0) is 39.8. The molecule has 5 aromatic rings. The molecule has 3 aromatic heterocycles. The smallest absolute Gasteiger partial charge is 0.324 e. The number of hydrazine groups is 1. The number of para-hydroxylation sites is 1. The number of carbonyl (C=O) groups is 3. The predicted molar refractivity (Wildman–Crippen MR) is 260 cm³/mol. The Bertz CT molecular complexity index is 2330. The fraction of sp³-hybridized carbons (Fsp3) is 0.432. The number of aromatic nitrogens is 3. The molecule has 0 spiro atoms. The number of methoxy groups -OCH3 is 1. The molecule has 6 heterocycles. The number of nitrogens with zero attached hydrogens (tertiary/aromatic N) is 4. The highest BCUT2D eigenvalue weighted by atomic mass is 32.1. The quantitative estimate of drug-likeness (QED) is 0.174. The number of aryl methyl sites for hydroxylation is 1. The molecule has 0 saturated carbocycles. The van der Waals surface area contributed by atoms with Crippen LogP contribution in [0, 0.1) is 11.3 Å². The summed E-state index contributed by atoms with van der Waals surface area (Å²) in [5, 5.41) is 8.35. The second kappa shape index (κ2) is 21.1. The van der Waals surface area contributed by atoms with Crippen molar-refractivity contribution in [3.8, 4) is 28.3 Å². The van der Waals surface area contributed by atoms with E-state index in [0.717, 1.165) is 62.5 Å². The average molecular weight is 927 g/mol. The molecule has 2 aromatic carbocycles. The van der Waals surface area contributed by atoms with Crippen LogP contribution in [0.2, 0.25) is 0 Å². The SMILES string of the molecule is CCn1c(-c2cccnc2[C@H](C)OC)c2c3cc(ccc31)-c1csc(n1)C[C@H](NC(=O)[C@@H]1COc3ccccc3C1)C(=O)N1CCC[C@H](N1)C(=O)OCC(C)(C)C2.S.S.S.S. The van der Waals surface area contributed by atoms with Gasteiger partial charge in [0.05, 0.1) is 40.7 Å². The number of amides is 2. The van der Waals surface area contributed by atoms with Crippen LogP contribution in [-0.4, -0.2) is 76.3 Å². The molecule has 17 heteroatoms. The van der Waals surface area contributed by atoms with Crippen molar-refractivity contribution >= 4 is 94.0 Å². The van der Waals surface area contributed by atoms with Crippen LogP contribution in [0.15, 0.2) is 66.2 Å². The van der Waals surface area contributed by atoms with Gasteiger partial charge in [-0.1, -0.05) is 38.1 Å². The first-order valence-electron chi connectivity index (χ1n) is 19.9. The van der Waals surface area contributed by atoms with E-state index in [9.17, 15) is 14.4 Å². The number of pyridine rings is 1. The zero-order valence-electron chi connectivity index (χ0n) is 35.2. The number of fused-ring (bicyclic) bond motifs is 7. The van der Waals surface area contributed by atoms with Gasteiger partial charge in [0.15, 0.2) is 0 Å². The second-order valence-electron chi connectivity index (χ2n) is 16.1. The number of cyclic esters (lactones) is 1. The summed E-state index contributed by atoms with van der Waals surface area (Å²) in [6, 6.07) is 16.6.